The molecule has 0 aliphatic carbocycles. The first-order valence-corrected chi connectivity index (χ1v) is 11.1. The number of nitrogens with one attached hydrogen (secondary N) is 1. The minimum Gasteiger partial charge on any atom is -0.356 e. The number of nitrogens with zero attached hydrogens (tertiary/aromatic N) is 4. The second kappa shape index (κ2) is 9.06. The summed E-state index contributed by atoms with van der Waals surface area (Å²) in [5, 5.41) is 3.40. The van der Waals surface area contributed by atoms with Crippen molar-refractivity contribution in [2.24, 2.45) is 17.6 Å². The number of rotatable bonds is 7. The van der Waals surface area contributed by atoms with Crippen molar-refractivity contribution in [3.63, 3.8) is 0 Å². The summed E-state index contributed by atoms with van der Waals surface area (Å²) in [5.74, 6) is 3.14. The number of carbonyl (C=O) groups is 1. The van der Waals surface area contributed by atoms with E-state index in [9.17, 15) is 4.79 Å². The molecule has 0 amide bonds. The highest BCUT2D eigenvalue weighted by Gasteiger charge is 2.23. The Morgan fingerprint density at radius 3 is 2.45 bits per heavy atom. The molecule has 2 atom stereocenters. The lowest BCUT2D eigenvalue weighted by Gasteiger charge is -2.35. The van der Waals surface area contributed by atoms with Gasteiger partial charge in [-0.1, -0.05) is 13.8 Å². The fourth-order valence-corrected chi connectivity index (χ4v) is 4.49. The quantitative estimate of drug-likeness (QED) is 0.557. The van der Waals surface area contributed by atoms with Gasteiger partial charge >= 0.3 is 0 Å². The van der Waals surface area contributed by atoms with Crippen molar-refractivity contribution in [2.75, 3.05) is 29.9 Å². The maximum Gasteiger partial charge on any atom is 0.209 e. The van der Waals surface area contributed by atoms with E-state index in [0.717, 1.165) is 54.7 Å². The summed E-state index contributed by atoms with van der Waals surface area (Å²) in [6, 6.07) is 11.6. The van der Waals surface area contributed by atoms with Crippen LogP contribution in [0, 0.1) is 11.8 Å². The molecule has 7 heteroatoms. The lowest BCUT2D eigenvalue weighted by atomic mass is 9.92. The number of Topliss-reactive ketones (excluding diaryl/α,β-unsaturated/α-hetero) is 1. The van der Waals surface area contributed by atoms with Crippen molar-refractivity contribution in [2.45, 2.75) is 40.2 Å². The van der Waals surface area contributed by atoms with Crippen LogP contribution in [-0.4, -0.2) is 40.0 Å². The molecule has 2 unspecified atom stereocenters. The van der Waals surface area contributed by atoms with Crippen molar-refractivity contribution in [1.29, 1.82) is 0 Å². The molecule has 1 aliphatic heterocycles. The van der Waals surface area contributed by atoms with Gasteiger partial charge in [0.05, 0.1) is 0 Å². The van der Waals surface area contributed by atoms with E-state index in [4.69, 9.17) is 15.7 Å². The van der Waals surface area contributed by atoms with E-state index < -0.39 is 0 Å². The van der Waals surface area contributed by atoms with Crippen LogP contribution in [0.1, 0.15) is 44.0 Å². The van der Waals surface area contributed by atoms with Crippen LogP contribution in [0.3, 0.4) is 0 Å². The first-order chi connectivity index (χ1) is 14.9. The Morgan fingerprint density at radius 2 is 1.81 bits per heavy atom. The number of nitrogens with two attached hydrogens (primary N) is 1. The van der Waals surface area contributed by atoms with E-state index in [1.54, 1.807) is 6.92 Å². The molecular formula is C24H32N6O. The van der Waals surface area contributed by atoms with Gasteiger partial charge in [0.1, 0.15) is 11.3 Å². The van der Waals surface area contributed by atoms with Crippen LogP contribution in [0.4, 0.5) is 17.5 Å². The van der Waals surface area contributed by atoms with Crippen LogP contribution in [0.25, 0.3) is 11.2 Å². The first kappa shape index (κ1) is 21.3. The van der Waals surface area contributed by atoms with Crippen molar-refractivity contribution in [1.82, 2.24) is 14.5 Å². The second-order valence-electron chi connectivity index (χ2n) is 8.85. The van der Waals surface area contributed by atoms with Crippen molar-refractivity contribution in [3.8, 4) is 0 Å². The van der Waals surface area contributed by atoms with Gasteiger partial charge in [0.25, 0.3) is 0 Å². The normalized spacial score (nSPS) is 19.0. The number of aromatic nitrogens is 3. The largest absolute Gasteiger partial charge is 0.356 e. The van der Waals surface area contributed by atoms with Gasteiger partial charge in [0.2, 0.25) is 5.95 Å². The van der Waals surface area contributed by atoms with Gasteiger partial charge in [-0.3, -0.25) is 9.36 Å². The van der Waals surface area contributed by atoms with Crippen LogP contribution in [0.2, 0.25) is 0 Å². The monoisotopic (exact) mass is 420 g/mol. The summed E-state index contributed by atoms with van der Waals surface area (Å²) in [7, 11) is 0. The Hall–Kier alpha value is -2.93. The maximum absolute atomic E-state index is 11.5. The molecule has 7 nitrogen and oxygen atoms in total. The minimum atomic E-state index is 0.0554. The number of carbonyl (C=O) groups excluding carboxylic acids is 1. The second-order valence-corrected chi connectivity index (χ2v) is 8.85. The summed E-state index contributed by atoms with van der Waals surface area (Å²) in [4.78, 5) is 23.8. The zero-order valence-corrected chi connectivity index (χ0v) is 18.6. The van der Waals surface area contributed by atoms with Crippen LogP contribution >= 0.6 is 0 Å². The number of aryl methyl sites for hydroxylation is 1. The van der Waals surface area contributed by atoms with Gasteiger partial charge < -0.3 is 16.0 Å². The molecule has 1 saturated heterocycles. The van der Waals surface area contributed by atoms with Crippen molar-refractivity contribution in [3.05, 3.63) is 42.0 Å². The number of imidazole rings is 1. The molecule has 2 aromatic heterocycles. The van der Waals surface area contributed by atoms with E-state index in [1.807, 2.05) is 24.3 Å². The highest BCUT2D eigenvalue weighted by Crippen LogP contribution is 2.28. The summed E-state index contributed by atoms with van der Waals surface area (Å²) in [5.41, 5.74) is 9.11. The van der Waals surface area contributed by atoms with Crippen LogP contribution in [-0.2, 0) is 6.54 Å². The summed E-state index contributed by atoms with van der Waals surface area (Å²) >= 11 is 0. The van der Waals surface area contributed by atoms with Gasteiger partial charge in [-0.25, -0.2) is 9.97 Å². The van der Waals surface area contributed by atoms with E-state index in [2.05, 4.69) is 40.8 Å². The fraction of sp³-hybridized carbons (Fsp3) is 0.458. The number of benzene rings is 1. The highest BCUT2D eigenvalue weighted by atomic mass is 16.1. The predicted molar refractivity (Wildman–Crippen MR) is 126 cm³/mol. The molecule has 4 rings (SSSR count). The Bertz CT molecular complexity index is 1050. The molecule has 0 bridgehead atoms. The molecule has 0 saturated carbocycles. The SMILES string of the molecule is CC(=O)c1ccc(Nc2nc3ccc(N4CC(C)CC(C)C4)nc3n2CCCN)cc1. The van der Waals surface area contributed by atoms with E-state index in [-0.39, 0.29) is 5.78 Å². The number of ketones is 1. The molecule has 164 valence electrons. The Balaban J connectivity index is 1.67. The van der Waals surface area contributed by atoms with Gasteiger partial charge in [0, 0.05) is 30.9 Å². The number of pyridine rings is 1. The number of piperidine rings is 1. The molecule has 31 heavy (non-hydrogen) atoms. The summed E-state index contributed by atoms with van der Waals surface area (Å²) < 4.78 is 2.11. The van der Waals surface area contributed by atoms with Crippen LogP contribution in [0.15, 0.2) is 36.4 Å². The average Bonchev–Trinajstić information content (AvgIpc) is 3.08. The Labute approximate surface area is 183 Å². The lowest BCUT2D eigenvalue weighted by Crippen LogP contribution is -2.39. The van der Waals surface area contributed by atoms with Crippen LogP contribution in [0.5, 0.6) is 0 Å². The maximum atomic E-state index is 11.5. The zero-order chi connectivity index (χ0) is 22.0. The number of anilines is 3. The number of fused-ring (bicyclic) bond motifs is 1. The Kier molecular flexibility index (Phi) is 6.23. The lowest BCUT2D eigenvalue weighted by molar-refractivity contribution is 0.101. The van der Waals surface area contributed by atoms with Gasteiger partial charge in [-0.2, -0.15) is 0 Å². The summed E-state index contributed by atoms with van der Waals surface area (Å²) in [6.45, 7) is 9.61. The third-order valence-electron chi connectivity index (χ3n) is 5.90. The van der Waals surface area contributed by atoms with E-state index in [0.29, 0.717) is 23.9 Å². The molecule has 1 fully saturated rings. The van der Waals surface area contributed by atoms with Crippen LogP contribution < -0.4 is 16.0 Å². The Morgan fingerprint density at radius 1 is 1.10 bits per heavy atom. The smallest absolute Gasteiger partial charge is 0.209 e. The number of hydrogen-bond acceptors (Lipinski definition) is 6. The average molecular weight is 421 g/mol. The van der Waals surface area contributed by atoms with Crippen molar-refractivity contribution >= 4 is 34.4 Å². The molecule has 1 aromatic carbocycles. The third-order valence-corrected chi connectivity index (χ3v) is 5.90. The molecule has 0 spiro atoms. The standard InChI is InChI=1S/C24H32N6O/c1-16-13-17(2)15-29(14-16)22-10-9-21-23(28-22)30(12-4-11-25)24(27-21)26-20-7-5-19(6-8-20)18(3)31/h5-10,16-17H,4,11-15,25H2,1-3H3,(H,26,27). The highest BCUT2D eigenvalue weighted by molar-refractivity contribution is 5.94. The van der Waals surface area contributed by atoms with E-state index >= 15 is 0 Å². The molecule has 3 aromatic rings. The predicted octanol–water partition coefficient (Wildman–Crippen LogP) is 4.21. The molecule has 3 N–H and O–H groups in total. The van der Waals surface area contributed by atoms with E-state index in [1.165, 1.54) is 6.42 Å². The summed E-state index contributed by atoms with van der Waals surface area (Å²) in [6.07, 6.45) is 2.11. The molecular weight excluding hydrogens is 388 g/mol. The third kappa shape index (κ3) is 4.71. The van der Waals surface area contributed by atoms with Gasteiger partial charge in [-0.15, -0.1) is 0 Å². The molecule has 0 radical (unpaired) electrons. The van der Waals surface area contributed by atoms with Gasteiger partial charge in [-0.05, 0) is 74.5 Å². The van der Waals surface area contributed by atoms with Crippen molar-refractivity contribution < 1.29 is 4.79 Å². The van der Waals surface area contributed by atoms with Gasteiger partial charge in [0.15, 0.2) is 11.4 Å². The first-order valence-electron chi connectivity index (χ1n) is 11.1. The topological polar surface area (TPSA) is 89.1 Å². The molecule has 3 heterocycles. The number of hydrogen-bond donors (Lipinski definition) is 2. The fourth-order valence-electron chi connectivity index (χ4n) is 4.49. The zero-order valence-electron chi connectivity index (χ0n) is 18.6. The molecule has 1 aliphatic rings. The minimum absolute atomic E-state index is 0.0554.